The third kappa shape index (κ3) is 1.85. The number of ketones is 1. The van der Waals surface area contributed by atoms with Crippen LogP contribution in [0, 0.1) is 0 Å². The highest BCUT2D eigenvalue weighted by atomic mass is 32.1. The predicted octanol–water partition coefficient (Wildman–Crippen LogP) is 1.40. The first-order chi connectivity index (χ1) is 5.11. The SMILES string of the molecule is CC(=O)c1cnc(C(C)O)s1. The molecule has 60 valence electrons. The van der Waals surface area contributed by atoms with Gasteiger partial charge in [-0.3, -0.25) is 4.79 Å². The van der Waals surface area contributed by atoms with E-state index in [1.807, 2.05) is 0 Å². The molecule has 0 aliphatic carbocycles. The number of carbonyl (C=O) groups excluding carboxylic acids is 1. The first-order valence-corrected chi connectivity index (χ1v) is 4.07. The van der Waals surface area contributed by atoms with Crippen LogP contribution in [-0.2, 0) is 0 Å². The molecule has 0 spiro atoms. The molecule has 11 heavy (non-hydrogen) atoms. The molecule has 1 rings (SSSR count). The molecular formula is C7H9NO2S. The van der Waals surface area contributed by atoms with Gasteiger partial charge in [0.1, 0.15) is 11.1 Å². The van der Waals surface area contributed by atoms with Crippen molar-refractivity contribution in [3.05, 3.63) is 16.1 Å². The summed E-state index contributed by atoms with van der Waals surface area (Å²) in [5.41, 5.74) is 0. The van der Waals surface area contributed by atoms with Crippen molar-refractivity contribution in [3.63, 3.8) is 0 Å². The summed E-state index contributed by atoms with van der Waals surface area (Å²) in [6.45, 7) is 3.11. The van der Waals surface area contributed by atoms with Crippen molar-refractivity contribution in [3.8, 4) is 0 Å². The fourth-order valence-electron chi connectivity index (χ4n) is 0.644. The van der Waals surface area contributed by atoms with Gasteiger partial charge in [0.15, 0.2) is 5.78 Å². The Hall–Kier alpha value is -0.740. The Labute approximate surface area is 68.7 Å². The summed E-state index contributed by atoms with van der Waals surface area (Å²) < 4.78 is 0. The van der Waals surface area contributed by atoms with Gasteiger partial charge in [0.25, 0.3) is 0 Å². The van der Waals surface area contributed by atoms with Crippen LogP contribution < -0.4 is 0 Å². The lowest BCUT2D eigenvalue weighted by Crippen LogP contribution is -1.87. The quantitative estimate of drug-likeness (QED) is 0.684. The van der Waals surface area contributed by atoms with Gasteiger partial charge in [-0.15, -0.1) is 11.3 Å². The normalized spacial score (nSPS) is 13.0. The highest BCUT2D eigenvalue weighted by Gasteiger charge is 2.08. The van der Waals surface area contributed by atoms with E-state index < -0.39 is 6.10 Å². The van der Waals surface area contributed by atoms with Gasteiger partial charge in [0.05, 0.1) is 4.88 Å². The molecule has 0 aromatic carbocycles. The average Bonchev–Trinajstić information content (AvgIpc) is 2.33. The standard InChI is InChI=1S/C7H9NO2S/c1-4(9)6-3-8-7(11-6)5(2)10/h3,5,10H,1-2H3. The Morgan fingerprint density at radius 2 is 2.45 bits per heavy atom. The van der Waals surface area contributed by atoms with Gasteiger partial charge in [-0.1, -0.05) is 0 Å². The maximum absolute atomic E-state index is 10.8. The molecule has 1 heterocycles. The summed E-state index contributed by atoms with van der Waals surface area (Å²) in [5, 5.41) is 9.65. The smallest absolute Gasteiger partial charge is 0.171 e. The van der Waals surface area contributed by atoms with Gasteiger partial charge in [-0.2, -0.15) is 0 Å². The molecule has 0 saturated carbocycles. The van der Waals surface area contributed by atoms with Crippen molar-refractivity contribution in [2.24, 2.45) is 0 Å². The van der Waals surface area contributed by atoms with E-state index in [0.29, 0.717) is 9.88 Å². The summed E-state index contributed by atoms with van der Waals surface area (Å²) in [4.78, 5) is 15.3. The lowest BCUT2D eigenvalue weighted by molar-refractivity contribution is 0.102. The topological polar surface area (TPSA) is 50.2 Å². The second-order valence-corrected chi connectivity index (χ2v) is 3.36. The number of aromatic nitrogens is 1. The Kier molecular flexibility index (Phi) is 2.36. The minimum absolute atomic E-state index is 0.00519. The minimum Gasteiger partial charge on any atom is -0.386 e. The number of carbonyl (C=O) groups is 1. The van der Waals surface area contributed by atoms with Crippen LogP contribution in [0.1, 0.15) is 34.6 Å². The number of aliphatic hydroxyl groups is 1. The molecule has 0 radical (unpaired) electrons. The maximum atomic E-state index is 10.8. The van der Waals surface area contributed by atoms with E-state index in [-0.39, 0.29) is 5.78 Å². The highest BCUT2D eigenvalue weighted by molar-refractivity contribution is 7.13. The van der Waals surface area contributed by atoms with Gasteiger partial charge >= 0.3 is 0 Å². The lowest BCUT2D eigenvalue weighted by Gasteiger charge is -1.94. The summed E-state index contributed by atoms with van der Waals surface area (Å²) in [6, 6.07) is 0. The van der Waals surface area contributed by atoms with Gasteiger partial charge < -0.3 is 5.11 Å². The van der Waals surface area contributed by atoms with Crippen LogP contribution >= 0.6 is 11.3 Å². The van der Waals surface area contributed by atoms with Gasteiger partial charge in [0, 0.05) is 13.1 Å². The Bertz CT molecular complexity index is 267. The van der Waals surface area contributed by atoms with E-state index in [2.05, 4.69) is 4.98 Å². The molecule has 0 aliphatic rings. The zero-order valence-electron chi connectivity index (χ0n) is 6.37. The van der Waals surface area contributed by atoms with Gasteiger partial charge in [0.2, 0.25) is 0 Å². The molecule has 0 bridgehead atoms. The molecule has 0 fully saturated rings. The van der Waals surface area contributed by atoms with E-state index in [1.165, 1.54) is 24.5 Å². The Morgan fingerprint density at radius 3 is 2.73 bits per heavy atom. The van der Waals surface area contributed by atoms with E-state index in [0.717, 1.165) is 0 Å². The van der Waals surface area contributed by atoms with E-state index >= 15 is 0 Å². The number of rotatable bonds is 2. The van der Waals surface area contributed by atoms with Crippen LogP contribution in [0.3, 0.4) is 0 Å². The van der Waals surface area contributed by atoms with Gasteiger partial charge in [-0.25, -0.2) is 4.98 Å². The minimum atomic E-state index is -0.576. The van der Waals surface area contributed by atoms with Crippen LogP contribution in [0.15, 0.2) is 6.20 Å². The molecule has 3 nitrogen and oxygen atoms in total. The lowest BCUT2D eigenvalue weighted by atomic mass is 10.4. The molecule has 1 atom stereocenters. The first-order valence-electron chi connectivity index (χ1n) is 3.26. The van der Waals surface area contributed by atoms with Crippen molar-refractivity contribution in [1.29, 1.82) is 0 Å². The molecule has 4 heteroatoms. The largest absolute Gasteiger partial charge is 0.386 e. The molecule has 1 aromatic rings. The van der Waals surface area contributed by atoms with E-state index in [9.17, 15) is 4.79 Å². The van der Waals surface area contributed by atoms with Crippen LogP contribution in [-0.4, -0.2) is 15.9 Å². The van der Waals surface area contributed by atoms with Crippen molar-refractivity contribution < 1.29 is 9.90 Å². The number of thiazole rings is 1. The summed E-state index contributed by atoms with van der Waals surface area (Å²) >= 11 is 1.24. The fraction of sp³-hybridized carbons (Fsp3) is 0.429. The average molecular weight is 171 g/mol. The fourth-order valence-corrected chi connectivity index (χ4v) is 1.39. The Balaban J connectivity index is 2.90. The molecule has 1 aromatic heterocycles. The van der Waals surface area contributed by atoms with Crippen LogP contribution in [0.4, 0.5) is 0 Å². The van der Waals surface area contributed by atoms with Crippen molar-refractivity contribution in [2.75, 3.05) is 0 Å². The first kappa shape index (κ1) is 8.36. The van der Waals surface area contributed by atoms with Crippen molar-refractivity contribution >= 4 is 17.1 Å². The number of Topliss-reactive ketones (excluding diaryl/α,β-unsaturated/α-hetero) is 1. The third-order valence-electron chi connectivity index (χ3n) is 1.23. The molecular weight excluding hydrogens is 162 g/mol. The zero-order chi connectivity index (χ0) is 8.43. The van der Waals surface area contributed by atoms with Crippen LogP contribution in [0.5, 0.6) is 0 Å². The maximum Gasteiger partial charge on any atom is 0.171 e. The number of aliphatic hydroxyl groups excluding tert-OH is 1. The monoisotopic (exact) mass is 171 g/mol. The molecule has 1 N–H and O–H groups in total. The Morgan fingerprint density at radius 1 is 1.82 bits per heavy atom. The molecule has 0 amide bonds. The second kappa shape index (κ2) is 3.11. The van der Waals surface area contributed by atoms with E-state index in [4.69, 9.17) is 5.11 Å². The summed E-state index contributed by atoms with van der Waals surface area (Å²) in [7, 11) is 0. The van der Waals surface area contributed by atoms with E-state index in [1.54, 1.807) is 6.92 Å². The summed E-state index contributed by atoms with van der Waals surface area (Å²) in [6.07, 6.45) is 0.919. The highest BCUT2D eigenvalue weighted by Crippen LogP contribution is 2.19. The summed E-state index contributed by atoms with van der Waals surface area (Å²) in [5.74, 6) is -0.00519. The predicted molar refractivity (Wildman–Crippen MR) is 42.8 cm³/mol. The zero-order valence-corrected chi connectivity index (χ0v) is 7.18. The number of hydrogen-bond acceptors (Lipinski definition) is 4. The third-order valence-corrected chi connectivity index (χ3v) is 2.50. The molecule has 1 unspecified atom stereocenters. The molecule has 0 saturated heterocycles. The van der Waals surface area contributed by atoms with Gasteiger partial charge in [-0.05, 0) is 6.92 Å². The van der Waals surface area contributed by atoms with Crippen LogP contribution in [0.25, 0.3) is 0 Å². The van der Waals surface area contributed by atoms with Crippen molar-refractivity contribution in [2.45, 2.75) is 20.0 Å². The molecule has 0 aliphatic heterocycles. The van der Waals surface area contributed by atoms with Crippen LogP contribution in [0.2, 0.25) is 0 Å². The second-order valence-electron chi connectivity index (χ2n) is 2.29. The number of nitrogens with zero attached hydrogens (tertiary/aromatic N) is 1. The van der Waals surface area contributed by atoms with Crippen molar-refractivity contribution in [1.82, 2.24) is 4.98 Å². The number of hydrogen-bond donors (Lipinski definition) is 1.